The average molecular weight is 295 g/mol. The minimum Gasteiger partial charge on any atom is -0.397 e. The van der Waals surface area contributed by atoms with E-state index in [0.717, 1.165) is 12.1 Å². The molecule has 1 amide bonds. The molecule has 0 bridgehead atoms. The Labute approximate surface area is 118 Å². The Morgan fingerprint density at radius 1 is 1.14 bits per heavy atom. The first-order valence-electron chi connectivity index (χ1n) is 6.02. The number of carbonyl (C=O) groups excluding carboxylic acids is 1. The molecule has 3 N–H and O–H groups in total. The quantitative estimate of drug-likeness (QED) is 0.915. The normalized spacial score (nSPS) is 11.2. The topological polar surface area (TPSA) is 68.0 Å². The van der Waals surface area contributed by atoms with Crippen LogP contribution in [0.4, 0.5) is 24.7 Å². The summed E-state index contributed by atoms with van der Waals surface area (Å²) in [6.07, 6.45) is -3.02. The van der Waals surface area contributed by atoms with Crippen LogP contribution in [0, 0.1) is 0 Å². The maximum atomic E-state index is 12.4. The summed E-state index contributed by atoms with van der Waals surface area (Å²) in [5.74, 6) is -0.0341. The van der Waals surface area contributed by atoms with Gasteiger partial charge in [0.2, 0.25) is 5.91 Å². The van der Waals surface area contributed by atoms with Gasteiger partial charge in [0.25, 0.3) is 0 Å². The zero-order valence-electron chi connectivity index (χ0n) is 10.8. The third-order valence-electron chi connectivity index (χ3n) is 2.70. The number of nitrogens with zero attached hydrogens (tertiary/aromatic N) is 1. The van der Waals surface area contributed by atoms with E-state index in [2.05, 4.69) is 10.3 Å². The summed E-state index contributed by atoms with van der Waals surface area (Å²) >= 11 is 0. The molecule has 1 aromatic heterocycles. The van der Waals surface area contributed by atoms with Crippen LogP contribution in [0.15, 0.2) is 42.6 Å². The van der Waals surface area contributed by atoms with Gasteiger partial charge in [-0.3, -0.25) is 4.79 Å². The number of rotatable bonds is 3. The second-order valence-corrected chi connectivity index (χ2v) is 4.40. The highest BCUT2D eigenvalue weighted by Gasteiger charge is 2.29. The van der Waals surface area contributed by atoms with Gasteiger partial charge in [0.1, 0.15) is 5.82 Å². The number of benzene rings is 1. The number of anilines is 2. The molecule has 0 aliphatic rings. The number of nitrogens with one attached hydrogen (secondary N) is 1. The lowest BCUT2D eigenvalue weighted by Gasteiger charge is -2.08. The van der Waals surface area contributed by atoms with E-state index < -0.39 is 11.7 Å². The molecule has 0 fully saturated rings. The minimum absolute atomic E-state index is 0.0375. The Bertz CT molecular complexity index is 621. The van der Waals surface area contributed by atoms with E-state index in [1.165, 1.54) is 18.3 Å². The van der Waals surface area contributed by atoms with Crippen LogP contribution in [0.3, 0.4) is 0 Å². The van der Waals surface area contributed by atoms with Gasteiger partial charge in [-0.15, -0.1) is 0 Å². The molecule has 0 saturated heterocycles. The number of halogens is 3. The summed E-state index contributed by atoms with van der Waals surface area (Å²) < 4.78 is 37.2. The smallest absolute Gasteiger partial charge is 0.397 e. The first kappa shape index (κ1) is 14.8. The van der Waals surface area contributed by atoms with Crippen LogP contribution in [0.2, 0.25) is 0 Å². The molecule has 2 aromatic rings. The lowest BCUT2D eigenvalue weighted by Crippen LogP contribution is -2.15. The van der Waals surface area contributed by atoms with Crippen molar-refractivity contribution in [3.8, 4) is 0 Å². The molecular weight excluding hydrogens is 283 g/mol. The zero-order chi connectivity index (χ0) is 15.5. The van der Waals surface area contributed by atoms with E-state index in [9.17, 15) is 18.0 Å². The Morgan fingerprint density at radius 2 is 1.81 bits per heavy atom. The molecule has 110 valence electrons. The number of nitrogens with two attached hydrogens (primary N) is 1. The van der Waals surface area contributed by atoms with Crippen molar-refractivity contribution >= 4 is 17.4 Å². The molecule has 0 unspecified atom stereocenters. The van der Waals surface area contributed by atoms with Crippen molar-refractivity contribution in [2.24, 2.45) is 0 Å². The van der Waals surface area contributed by atoms with E-state index in [1.807, 2.05) is 0 Å². The number of amides is 1. The summed E-state index contributed by atoms with van der Waals surface area (Å²) in [6.45, 7) is 0. The molecule has 0 spiro atoms. The number of carbonyl (C=O) groups is 1. The molecule has 7 heteroatoms. The molecule has 1 heterocycles. The molecule has 21 heavy (non-hydrogen) atoms. The average Bonchev–Trinajstić information content (AvgIpc) is 2.41. The predicted molar refractivity (Wildman–Crippen MR) is 72.4 cm³/mol. The van der Waals surface area contributed by atoms with E-state index >= 15 is 0 Å². The van der Waals surface area contributed by atoms with Crippen LogP contribution >= 0.6 is 0 Å². The SMILES string of the molecule is Nc1ccc(NC(=O)Cc2ccc(C(F)(F)F)cc2)nc1. The van der Waals surface area contributed by atoms with Gasteiger partial charge in [0.15, 0.2) is 0 Å². The molecule has 1 aromatic carbocycles. The Hall–Kier alpha value is -2.57. The number of pyridine rings is 1. The summed E-state index contributed by atoms with van der Waals surface area (Å²) in [5, 5.41) is 2.53. The van der Waals surface area contributed by atoms with E-state index in [0.29, 0.717) is 17.1 Å². The Kier molecular flexibility index (Phi) is 4.11. The maximum absolute atomic E-state index is 12.4. The third-order valence-corrected chi connectivity index (χ3v) is 2.70. The van der Waals surface area contributed by atoms with Crippen molar-refractivity contribution in [2.75, 3.05) is 11.1 Å². The lowest BCUT2D eigenvalue weighted by molar-refractivity contribution is -0.137. The number of aromatic nitrogens is 1. The number of nitrogen functional groups attached to an aromatic ring is 1. The fourth-order valence-corrected chi connectivity index (χ4v) is 1.66. The van der Waals surface area contributed by atoms with Gasteiger partial charge in [0, 0.05) is 0 Å². The van der Waals surface area contributed by atoms with Crippen molar-refractivity contribution in [2.45, 2.75) is 12.6 Å². The van der Waals surface area contributed by atoms with Gasteiger partial charge < -0.3 is 11.1 Å². The Balaban J connectivity index is 1.98. The van der Waals surface area contributed by atoms with Crippen molar-refractivity contribution in [1.82, 2.24) is 4.98 Å². The fraction of sp³-hybridized carbons (Fsp3) is 0.143. The van der Waals surface area contributed by atoms with Crippen LogP contribution in [-0.4, -0.2) is 10.9 Å². The number of hydrogen-bond donors (Lipinski definition) is 2. The largest absolute Gasteiger partial charge is 0.416 e. The fourth-order valence-electron chi connectivity index (χ4n) is 1.66. The monoisotopic (exact) mass is 295 g/mol. The first-order chi connectivity index (χ1) is 9.84. The molecule has 4 nitrogen and oxygen atoms in total. The van der Waals surface area contributed by atoms with Gasteiger partial charge in [-0.1, -0.05) is 12.1 Å². The van der Waals surface area contributed by atoms with E-state index in [1.54, 1.807) is 12.1 Å². The van der Waals surface area contributed by atoms with Crippen LogP contribution in [0.25, 0.3) is 0 Å². The summed E-state index contributed by atoms with van der Waals surface area (Å²) in [6, 6.07) is 7.58. The second kappa shape index (κ2) is 5.82. The van der Waals surface area contributed by atoms with Gasteiger partial charge in [-0.05, 0) is 29.8 Å². The van der Waals surface area contributed by atoms with Crippen molar-refractivity contribution in [1.29, 1.82) is 0 Å². The lowest BCUT2D eigenvalue weighted by atomic mass is 10.1. The molecule has 0 saturated carbocycles. The van der Waals surface area contributed by atoms with Crippen molar-refractivity contribution < 1.29 is 18.0 Å². The first-order valence-corrected chi connectivity index (χ1v) is 6.02. The minimum atomic E-state index is -4.38. The molecule has 2 rings (SSSR count). The van der Waals surface area contributed by atoms with Crippen LogP contribution in [0.1, 0.15) is 11.1 Å². The van der Waals surface area contributed by atoms with E-state index in [-0.39, 0.29) is 12.3 Å². The molecule has 0 aliphatic heterocycles. The summed E-state index contributed by atoms with van der Waals surface area (Å²) in [7, 11) is 0. The molecule has 0 atom stereocenters. The van der Waals surface area contributed by atoms with Crippen molar-refractivity contribution in [3.05, 3.63) is 53.7 Å². The summed E-state index contributed by atoms with van der Waals surface area (Å²) in [5.41, 5.74) is 5.67. The highest BCUT2D eigenvalue weighted by Crippen LogP contribution is 2.29. The second-order valence-electron chi connectivity index (χ2n) is 4.40. The number of alkyl halides is 3. The van der Waals surface area contributed by atoms with Crippen LogP contribution in [0.5, 0.6) is 0 Å². The van der Waals surface area contributed by atoms with Crippen LogP contribution in [-0.2, 0) is 17.4 Å². The van der Waals surface area contributed by atoms with Gasteiger partial charge in [0.05, 0.1) is 23.9 Å². The molecule has 0 radical (unpaired) electrons. The third kappa shape index (κ3) is 4.20. The van der Waals surface area contributed by atoms with Gasteiger partial charge in [-0.25, -0.2) is 4.98 Å². The van der Waals surface area contributed by atoms with Gasteiger partial charge >= 0.3 is 6.18 Å². The maximum Gasteiger partial charge on any atom is 0.416 e. The highest BCUT2D eigenvalue weighted by atomic mass is 19.4. The standard InChI is InChI=1S/C14H12F3N3O/c15-14(16,17)10-3-1-9(2-4-10)7-13(21)20-12-6-5-11(18)8-19-12/h1-6,8H,7,18H2,(H,19,20,21). The number of hydrogen-bond acceptors (Lipinski definition) is 3. The zero-order valence-corrected chi connectivity index (χ0v) is 10.8. The summed E-state index contributed by atoms with van der Waals surface area (Å²) in [4.78, 5) is 15.6. The molecular formula is C14H12F3N3O. The van der Waals surface area contributed by atoms with Crippen molar-refractivity contribution in [3.63, 3.8) is 0 Å². The predicted octanol–water partition coefficient (Wildman–Crippen LogP) is 2.86. The highest BCUT2D eigenvalue weighted by molar-refractivity contribution is 5.91. The Morgan fingerprint density at radius 3 is 2.33 bits per heavy atom. The van der Waals surface area contributed by atoms with E-state index in [4.69, 9.17) is 5.73 Å². The van der Waals surface area contributed by atoms with Gasteiger partial charge in [-0.2, -0.15) is 13.2 Å². The molecule has 0 aliphatic carbocycles. The van der Waals surface area contributed by atoms with Crippen LogP contribution < -0.4 is 11.1 Å².